The monoisotopic (exact) mass is 339 g/mol. The van der Waals surface area contributed by atoms with Gasteiger partial charge >= 0.3 is 0 Å². The molecule has 0 saturated carbocycles. The van der Waals surface area contributed by atoms with Crippen LogP contribution in [0.5, 0.6) is 5.75 Å². The predicted octanol–water partition coefficient (Wildman–Crippen LogP) is 3.96. The van der Waals surface area contributed by atoms with Crippen LogP contribution in [-0.4, -0.2) is 17.9 Å². The Morgan fingerprint density at radius 3 is 2.74 bits per heavy atom. The number of nitrogens with zero attached hydrogens (tertiary/aromatic N) is 1. The molecular weight excluding hydrogens is 326 g/mol. The minimum Gasteiger partial charge on any atom is -0.497 e. The Morgan fingerprint density at radius 2 is 2.16 bits per heavy atom. The fourth-order valence-corrected chi connectivity index (χ4v) is 3.09. The first-order chi connectivity index (χ1) is 9.01. The molecule has 0 spiro atoms. The van der Waals surface area contributed by atoms with Crippen LogP contribution >= 0.6 is 27.3 Å². The number of aromatic nitrogens is 1. The molecule has 0 aliphatic carbocycles. The second kappa shape index (κ2) is 5.84. The summed E-state index contributed by atoms with van der Waals surface area (Å²) in [4.78, 5) is 17.9. The number of rotatable bonds is 4. The second-order valence-electron chi connectivity index (χ2n) is 4.19. The zero-order chi connectivity index (χ0) is 14.0. The number of hydrogen-bond acceptors (Lipinski definition) is 4. The number of thiazole rings is 1. The Labute approximate surface area is 124 Å². The van der Waals surface area contributed by atoms with Gasteiger partial charge in [0, 0.05) is 14.9 Å². The minimum atomic E-state index is 0.0412. The van der Waals surface area contributed by atoms with E-state index in [0.29, 0.717) is 17.7 Å². The smallest absolute Gasteiger partial charge is 0.170 e. The topological polar surface area (TPSA) is 39.2 Å². The van der Waals surface area contributed by atoms with Gasteiger partial charge in [0.1, 0.15) is 10.8 Å². The zero-order valence-corrected chi connectivity index (χ0v) is 13.4. The number of ether oxygens (including phenoxy) is 1. The standard InChI is InChI=1S/C14H14BrNO2S/c1-8-9(2)19-14(16-8)7-13(17)11-6-10(18-3)4-5-12(11)15/h4-6H,7H2,1-3H3. The van der Waals surface area contributed by atoms with E-state index in [0.717, 1.165) is 20.1 Å². The van der Waals surface area contributed by atoms with Crippen LogP contribution in [0.3, 0.4) is 0 Å². The number of aryl methyl sites for hydroxylation is 2. The van der Waals surface area contributed by atoms with Gasteiger partial charge in [0.2, 0.25) is 0 Å². The third kappa shape index (κ3) is 3.22. The van der Waals surface area contributed by atoms with Crippen LogP contribution in [-0.2, 0) is 6.42 Å². The summed E-state index contributed by atoms with van der Waals surface area (Å²) in [6.45, 7) is 3.98. The lowest BCUT2D eigenvalue weighted by molar-refractivity contribution is 0.0992. The van der Waals surface area contributed by atoms with Crippen LogP contribution in [0.1, 0.15) is 25.9 Å². The van der Waals surface area contributed by atoms with Crippen molar-refractivity contribution in [1.29, 1.82) is 0 Å². The number of Topliss-reactive ketones (excluding diaryl/α,β-unsaturated/α-hetero) is 1. The average Bonchev–Trinajstić information content (AvgIpc) is 2.68. The lowest BCUT2D eigenvalue weighted by atomic mass is 10.1. The predicted molar refractivity (Wildman–Crippen MR) is 80.3 cm³/mol. The van der Waals surface area contributed by atoms with Gasteiger partial charge in [0.15, 0.2) is 5.78 Å². The van der Waals surface area contributed by atoms with Gasteiger partial charge in [-0.15, -0.1) is 11.3 Å². The highest BCUT2D eigenvalue weighted by molar-refractivity contribution is 9.10. The maximum Gasteiger partial charge on any atom is 0.170 e. The molecular formula is C14H14BrNO2S. The number of carbonyl (C=O) groups excluding carboxylic acids is 1. The van der Waals surface area contributed by atoms with Gasteiger partial charge in [-0.1, -0.05) is 15.9 Å². The van der Waals surface area contributed by atoms with Crippen molar-refractivity contribution in [2.45, 2.75) is 20.3 Å². The van der Waals surface area contributed by atoms with Crippen molar-refractivity contribution in [3.63, 3.8) is 0 Å². The van der Waals surface area contributed by atoms with Crippen LogP contribution in [0.25, 0.3) is 0 Å². The van der Waals surface area contributed by atoms with E-state index in [1.807, 2.05) is 26.0 Å². The second-order valence-corrected chi connectivity index (χ2v) is 6.34. The van der Waals surface area contributed by atoms with Crippen molar-refractivity contribution in [3.8, 4) is 5.75 Å². The molecule has 0 unspecified atom stereocenters. The van der Waals surface area contributed by atoms with E-state index in [1.54, 1.807) is 24.5 Å². The molecule has 0 atom stereocenters. The lowest BCUT2D eigenvalue weighted by Crippen LogP contribution is -2.04. The molecule has 1 heterocycles. The van der Waals surface area contributed by atoms with E-state index < -0.39 is 0 Å². The Hall–Kier alpha value is -1.20. The molecule has 0 N–H and O–H groups in total. The molecule has 1 aromatic carbocycles. The molecule has 0 saturated heterocycles. The normalized spacial score (nSPS) is 10.5. The third-order valence-corrected chi connectivity index (χ3v) is 4.62. The summed E-state index contributed by atoms with van der Waals surface area (Å²) >= 11 is 4.97. The SMILES string of the molecule is COc1ccc(Br)c(C(=O)Cc2nc(C)c(C)s2)c1. The first-order valence-corrected chi connectivity index (χ1v) is 7.42. The van der Waals surface area contributed by atoms with Gasteiger partial charge in [-0.05, 0) is 32.0 Å². The van der Waals surface area contributed by atoms with Gasteiger partial charge < -0.3 is 4.74 Å². The Bertz CT molecular complexity index is 602. The molecule has 19 heavy (non-hydrogen) atoms. The summed E-state index contributed by atoms with van der Waals surface area (Å²) in [6, 6.07) is 5.39. The summed E-state index contributed by atoms with van der Waals surface area (Å²) in [5.74, 6) is 0.720. The van der Waals surface area contributed by atoms with Crippen LogP contribution in [0.4, 0.5) is 0 Å². The maximum absolute atomic E-state index is 12.3. The largest absolute Gasteiger partial charge is 0.497 e. The van der Waals surface area contributed by atoms with Gasteiger partial charge in [-0.3, -0.25) is 4.79 Å². The average molecular weight is 340 g/mol. The van der Waals surface area contributed by atoms with Crippen LogP contribution in [0.15, 0.2) is 22.7 Å². The number of hydrogen-bond donors (Lipinski definition) is 0. The van der Waals surface area contributed by atoms with E-state index in [2.05, 4.69) is 20.9 Å². The first kappa shape index (κ1) is 14.2. The van der Waals surface area contributed by atoms with Crippen molar-refractivity contribution >= 4 is 33.0 Å². The van der Waals surface area contributed by atoms with Crippen molar-refractivity contribution in [2.24, 2.45) is 0 Å². The van der Waals surface area contributed by atoms with Crippen molar-refractivity contribution in [2.75, 3.05) is 7.11 Å². The van der Waals surface area contributed by atoms with E-state index in [-0.39, 0.29) is 5.78 Å². The summed E-state index contributed by atoms with van der Waals surface area (Å²) in [5.41, 5.74) is 1.63. The molecule has 3 nitrogen and oxygen atoms in total. The molecule has 100 valence electrons. The fourth-order valence-electron chi connectivity index (χ4n) is 1.69. The number of carbonyl (C=O) groups is 1. The van der Waals surface area contributed by atoms with Crippen molar-refractivity contribution < 1.29 is 9.53 Å². The van der Waals surface area contributed by atoms with E-state index in [4.69, 9.17) is 4.74 Å². The highest BCUT2D eigenvalue weighted by atomic mass is 79.9. The van der Waals surface area contributed by atoms with E-state index >= 15 is 0 Å². The molecule has 0 aliphatic heterocycles. The van der Waals surface area contributed by atoms with Crippen molar-refractivity contribution in [3.05, 3.63) is 43.8 Å². The minimum absolute atomic E-state index is 0.0412. The maximum atomic E-state index is 12.3. The van der Waals surface area contributed by atoms with Crippen LogP contribution in [0, 0.1) is 13.8 Å². The van der Waals surface area contributed by atoms with E-state index in [1.165, 1.54) is 0 Å². The fraction of sp³-hybridized carbons (Fsp3) is 0.286. The van der Waals surface area contributed by atoms with Crippen LogP contribution in [0.2, 0.25) is 0 Å². The number of halogens is 1. The Balaban J connectivity index is 2.24. The van der Waals surface area contributed by atoms with E-state index in [9.17, 15) is 4.79 Å². The van der Waals surface area contributed by atoms with Gasteiger partial charge in [0.25, 0.3) is 0 Å². The Morgan fingerprint density at radius 1 is 1.42 bits per heavy atom. The molecule has 0 amide bonds. The number of methoxy groups -OCH3 is 1. The quantitative estimate of drug-likeness (QED) is 0.791. The molecule has 1 aromatic heterocycles. The highest BCUT2D eigenvalue weighted by Gasteiger charge is 2.14. The molecule has 2 aromatic rings. The van der Waals surface area contributed by atoms with Crippen LogP contribution < -0.4 is 4.74 Å². The highest BCUT2D eigenvalue weighted by Crippen LogP contribution is 2.25. The zero-order valence-electron chi connectivity index (χ0n) is 11.0. The summed E-state index contributed by atoms with van der Waals surface area (Å²) < 4.78 is 5.93. The molecule has 0 bridgehead atoms. The summed E-state index contributed by atoms with van der Waals surface area (Å²) in [6.07, 6.45) is 0.325. The summed E-state index contributed by atoms with van der Waals surface area (Å²) in [5, 5.41) is 0.856. The van der Waals surface area contributed by atoms with Gasteiger partial charge in [-0.2, -0.15) is 0 Å². The molecule has 2 rings (SSSR count). The van der Waals surface area contributed by atoms with Gasteiger partial charge in [-0.25, -0.2) is 4.98 Å². The lowest BCUT2D eigenvalue weighted by Gasteiger charge is -2.05. The Kier molecular flexibility index (Phi) is 4.37. The summed E-state index contributed by atoms with van der Waals surface area (Å²) in [7, 11) is 1.59. The van der Waals surface area contributed by atoms with Crippen molar-refractivity contribution in [1.82, 2.24) is 4.98 Å². The molecule has 5 heteroatoms. The van der Waals surface area contributed by atoms with Gasteiger partial charge in [0.05, 0.1) is 19.2 Å². The third-order valence-electron chi connectivity index (χ3n) is 2.86. The first-order valence-electron chi connectivity index (χ1n) is 5.81. The molecule has 0 fully saturated rings. The number of benzene rings is 1. The number of ketones is 1. The molecule has 0 aliphatic rings. The molecule has 0 radical (unpaired) electrons.